The quantitative estimate of drug-likeness (QED) is 0.784. The van der Waals surface area contributed by atoms with Crippen molar-refractivity contribution in [2.45, 2.75) is 19.9 Å². The number of amides is 2. The lowest BCUT2D eigenvalue weighted by molar-refractivity contribution is 0.209. The van der Waals surface area contributed by atoms with Gasteiger partial charge in [-0.3, -0.25) is 5.32 Å². The summed E-state index contributed by atoms with van der Waals surface area (Å²) in [6, 6.07) is 11.2. The maximum absolute atomic E-state index is 12.6. The molecule has 0 aliphatic heterocycles. The Hall–Kier alpha value is -2.67. The van der Waals surface area contributed by atoms with Crippen LogP contribution in [0.3, 0.4) is 0 Å². The van der Waals surface area contributed by atoms with Crippen LogP contribution in [0.4, 0.5) is 10.6 Å². The molecule has 0 saturated carbocycles. The first kappa shape index (κ1) is 16.2. The highest BCUT2D eigenvalue weighted by molar-refractivity contribution is 7.10. The standard InChI is InChI=1S/C17H19N5OS/c1-12-11-16(22(20-12)15-8-4-5-9-18-15)19-17(23)21(3)13(2)14-7-6-10-24-14/h4-11,13H,1-3H3,(H,19,23). The number of aromatic nitrogens is 3. The summed E-state index contributed by atoms with van der Waals surface area (Å²) in [7, 11) is 1.79. The van der Waals surface area contributed by atoms with Gasteiger partial charge < -0.3 is 4.90 Å². The Kier molecular flexibility index (Phi) is 4.61. The molecule has 3 aromatic heterocycles. The Morgan fingerprint density at radius 1 is 1.33 bits per heavy atom. The minimum atomic E-state index is -0.187. The van der Waals surface area contributed by atoms with Gasteiger partial charge in [-0.1, -0.05) is 12.1 Å². The largest absolute Gasteiger partial charge is 0.323 e. The van der Waals surface area contributed by atoms with Crippen LogP contribution >= 0.6 is 11.3 Å². The van der Waals surface area contributed by atoms with Gasteiger partial charge in [-0.05, 0) is 37.4 Å². The molecule has 0 bridgehead atoms. The van der Waals surface area contributed by atoms with Crippen LogP contribution in [0, 0.1) is 6.92 Å². The fourth-order valence-corrected chi connectivity index (χ4v) is 3.16. The highest BCUT2D eigenvalue weighted by Crippen LogP contribution is 2.24. The van der Waals surface area contributed by atoms with E-state index in [1.165, 1.54) is 0 Å². The van der Waals surface area contributed by atoms with E-state index in [-0.39, 0.29) is 12.1 Å². The van der Waals surface area contributed by atoms with Crippen molar-refractivity contribution in [3.8, 4) is 5.82 Å². The molecule has 0 aliphatic rings. The van der Waals surface area contributed by atoms with Gasteiger partial charge in [0.05, 0.1) is 11.7 Å². The number of thiophene rings is 1. The molecule has 1 unspecified atom stereocenters. The number of aryl methyl sites for hydroxylation is 1. The number of hydrogen-bond donors (Lipinski definition) is 1. The van der Waals surface area contributed by atoms with E-state index < -0.39 is 0 Å². The minimum Gasteiger partial charge on any atom is -0.320 e. The Morgan fingerprint density at radius 3 is 2.83 bits per heavy atom. The van der Waals surface area contributed by atoms with Gasteiger partial charge in [0, 0.05) is 24.2 Å². The molecule has 3 aromatic rings. The molecule has 3 rings (SSSR count). The summed E-state index contributed by atoms with van der Waals surface area (Å²) in [4.78, 5) is 19.7. The summed E-state index contributed by atoms with van der Waals surface area (Å²) in [5, 5.41) is 9.35. The maximum Gasteiger partial charge on any atom is 0.323 e. The SMILES string of the molecule is Cc1cc(NC(=O)N(C)C(C)c2cccs2)n(-c2ccccn2)n1. The lowest BCUT2D eigenvalue weighted by atomic mass is 10.2. The third-order valence-corrected chi connectivity index (χ3v) is 4.83. The zero-order chi connectivity index (χ0) is 17.1. The van der Waals surface area contributed by atoms with Gasteiger partial charge >= 0.3 is 6.03 Å². The molecule has 0 saturated heterocycles. The van der Waals surface area contributed by atoms with Crippen molar-refractivity contribution in [2.24, 2.45) is 0 Å². The highest BCUT2D eigenvalue weighted by Gasteiger charge is 2.20. The van der Waals surface area contributed by atoms with Crippen molar-refractivity contribution in [1.82, 2.24) is 19.7 Å². The van der Waals surface area contributed by atoms with E-state index in [2.05, 4.69) is 15.4 Å². The monoisotopic (exact) mass is 341 g/mol. The zero-order valence-electron chi connectivity index (χ0n) is 13.8. The van der Waals surface area contributed by atoms with Crippen LogP contribution in [0.15, 0.2) is 48.0 Å². The molecule has 1 atom stereocenters. The Bertz CT molecular complexity index is 813. The van der Waals surface area contributed by atoms with Crippen molar-refractivity contribution in [1.29, 1.82) is 0 Å². The normalized spacial score (nSPS) is 12.0. The smallest absolute Gasteiger partial charge is 0.320 e. The maximum atomic E-state index is 12.6. The predicted molar refractivity (Wildman–Crippen MR) is 95.6 cm³/mol. The number of carbonyl (C=O) groups excluding carboxylic acids is 1. The number of rotatable bonds is 4. The van der Waals surface area contributed by atoms with Crippen molar-refractivity contribution < 1.29 is 4.79 Å². The number of carbonyl (C=O) groups is 1. The average Bonchev–Trinajstić information content (AvgIpc) is 3.24. The van der Waals surface area contributed by atoms with Crippen molar-refractivity contribution in [3.05, 3.63) is 58.5 Å². The number of nitrogens with one attached hydrogen (secondary N) is 1. The number of urea groups is 1. The van der Waals surface area contributed by atoms with Crippen LogP contribution in [0.2, 0.25) is 0 Å². The minimum absolute atomic E-state index is 0.00248. The van der Waals surface area contributed by atoms with Gasteiger partial charge in [0.1, 0.15) is 5.82 Å². The molecule has 0 fully saturated rings. The molecule has 3 heterocycles. The molecule has 0 spiro atoms. The lowest BCUT2D eigenvalue weighted by Crippen LogP contribution is -2.33. The van der Waals surface area contributed by atoms with Crippen LogP contribution in [-0.2, 0) is 0 Å². The molecule has 1 N–H and O–H groups in total. The van der Waals surface area contributed by atoms with E-state index in [9.17, 15) is 4.79 Å². The molecule has 6 nitrogen and oxygen atoms in total. The molecule has 124 valence electrons. The van der Waals surface area contributed by atoms with E-state index in [1.807, 2.05) is 55.6 Å². The third kappa shape index (κ3) is 3.30. The fraction of sp³-hybridized carbons (Fsp3) is 0.235. The Labute approximate surface area is 144 Å². The first-order chi connectivity index (χ1) is 11.6. The number of anilines is 1. The van der Waals surface area contributed by atoms with E-state index in [4.69, 9.17) is 0 Å². The van der Waals surface area contributed by atoms with Crippen LogP contribution in [-0.4, -0.2) is 32.7 Å². The van der Waals surface area contributed by atoms with Crippen LogP contribution < -0.4 is 5.32 Å². The van der Waals surface area contributed by atoms with Gasteiger partial charge in [-0.2, -0.15) is 9.78 Å². The Balaban J connectivity index is 1.80. The van der Waals surface area contributed by atoms with Gasteiger partial charge in [0.25, 0.3) is 0 Å². The second-order valence-corrected chi connectivity index (χ2v) is 6.48. The van der Waals surface area contributed by atoms with Crippen LogP contribution in [0.1, 0.15) is 23.5 Å². The van der Waals surface area contributed by atoms with Gasteiger partial charge in [-0.25, -0.2) is 9.78 Å². The first-order valence-electron chi connectivity index (χ1n) is 7.61. The van der Waals surface area contributed by atoms with Crippen LogP contribution in [0.5, 0.6) is 0 Å². The molecule has 0 radical (unpaired) electrons. The summed E-state index contributed by atoms with van der Waals surface area (Å²) in [5.74, 6) is 1.26. The zero-order valence-corrected chi connectivity index (χ0v) is 14.6. The van der Waals surface area contributed by atoms with Crippen molar-refractivity contribution in [2.75, 3.05) is 12.4 Å². The van der Waals surface area contributed by atoms with E-state index in [1.54, 1.807) is 34.2 Å². The van der Waals surface area contributed by atoms with E-state index in [0.717, 1.165) is 10.6 Å². The molecular weight excluding hydrogens is 322 g/mol. The topological polar surface area (TPSA) is 63.1 Å². The summed E-state index contributed by atoms with van der Waals surface area (Å²) in [5.41, 5.74) is 0.810. The van der Waals surface area contributed by atoms with Crippen LogP contribution in [0.25, 0.3) is 5.82 Å². The molecule has 0 aliphatic carbocycles. The summed E-state index contributed by atoms with van der Waals surface area (Å²) < 4.78 is 1.64. The van der Waals surface area contributed by atoms with E-state index in [0.29, 0.717) is 11.6 Å². The third-order valence-electron chi connectivity index (χ3n) is 3.79. The molecule has 0 aromatic carbocycles. The van der Waals surface area contributed by atoms with Gasteiger partial charge in [0.2, 0.25) is 0 Å². The van der Waals surface area contributed by atoms with Crippen molar-refractivity contribution in [3.63, 3.8) is 0 Å². The molecule has 2 amide bonds. The van der Waals surface area contributed by atoms with Gasteiger partial charge in [-0.15, -0.1) is 11.3 Å². The van der Waals surface area contributed by atoms with Crippen molar-refractivity contribution >= 4 is 23.2 Å². The van der Waals surface area contributed by atoms with E-state index >= 15 is 0 Å². The number of hydrogen-bond acceptors (Lipinski definition) is 4. The number of pyridine rings is 1. The first-order valence-corrected chi connectivity index (χ1v) is 8.49. The predicted octanol–water partition coefficient (Wildman–Crippen LogP) is 3.86. The van der Waals surface area contributed by atoms with Gasteiger partial charge in [0.15, 0.2) is 5.82 Å². The molecular formula is C17H19N5OS. The summed E-state index contributed by atoms with van der Waals surface area (Å²) in [6.45, 7) is 3.89. The second-order valence-electron chi connectivity index (χ2n) is 5.50. The Morgan fingerprint density at radius 2 is 2.17 bits per heavy atom. The highest BCUT2D eigenvalue weighted by atomic mass is 32.1. The average molecular weight is 341 g/mol. The lowest BCUT2D eigenvalue weighted by Gasteiger charge is -2.24. The summed E-state index contributed by atoms with van der Waals surface area (Å²) in [6.07, 6.45) is 1.70. The molecule has 7 heteroatoms. The summed E-state index contributed by atoms with van der Waals surface area (Å²) >= 11 is 1.64. The fourth-order valence-electron chi connectivity index (χ4n) is 2.34. The number of nitrogens with zero attached hydrogens (tertiary/aromatic N) is 4. The second kappa shape index (κ2) is 6.84. The molecule has 24 heavy (non-hydrogen) atoms.